The van der Waals surface area contributed by atoms with E-state index in [0.29, 0.717) is 4.47 Å². The number of aromatic nitrogens is 1. The van der Waals surface area contributed by atoms with E-state index in [-0.39, 0.29) is 16.9 Å². The maximum atomic E-state index is 13.6. The van der Waals surface area contributed by atoms with Gasteiger partial charge in [-0.15, -0.1) is 0 Å². The molecule has 0 aliphatic rings. The number of amides is 1. The molecule has 1 amide bonds. The van der Waals surface area contributed by atoms with Crippen LogP contribution in [-0.2, 0) is 4.74 Å². The number of anilines is 1. The Morgan fingerprint density at radius 1 is 1.35 bits per heavy atom. The van der Waals surface area contributed by atoms with Gasteiger partial charge in [-0.1, -0.05) is 0 Å². The fourth-order valence-electron chi connectivity index (χ4n) is 1.55. The molecule has 5 nitrogen and oxygen atoms in total. The van der Waals surface area contributed by atoms with E-state index in [1.165, 1.54) is 19.2 Å². The molecule has 0 radical (unpaired) electrons. The Balaban J connectivity index is 2.24. The van der Waals surface area contributed by atoms with Gasteiger partial charge in [-0.05, 0) is 40.2 Å². The molecule has 1 aromatic carbocycles. The number of H-pyrrole nitrogens is 1. The van der Waals surface area contributed by atoms with E-state index in [9.17, 15) is 14.0 Å². The summed E-state index contributed by atoms with van der Waals surface area (Å²) in [6.07, 6.45) is 1.58. The van der Waals surface area contributed by atoms with Gasteiger partial charge >= 0.3 is 5.97 Å². The van der Waals surface area contributed by atoms with Crippen molar-refractivity contribution < 1.29 is 18.7 Å². The second-order valence-electron chi connectivity index (χ2n) is 3.87. The number of hydrogen-bond donors (Lipinski definition) is 2. The molecule has 1 heterocycles. The fraction of sp³-hybridized carbons (Fsp3) is 0.0769. The largest absolute Gasteiger partial charge is 0.465 e. The van der Waals surface area contributed by atoms with Crippen LogP contribution in [-0.4, -0.2) is 24.0 Å². The van der Waals surface area contributed by atoms with Crippen LogP contribution in [0.3, 0.4) is 0 Å². The van der Waals surface area contributed by atoms with Crippen molar-refractivity contribution in [1.82, 2.24) is 4.98 Å². The first kappa shape index (κ1) is 14.3. The predicted molar refractivity (Wildman–Crippen MR) is 74.2 cm³/mol. The molecule has 104 valence electrons. The zero-order valence-corrected chi connectivity index (χ0v) is 12.0. The lowest BCUT2D eigenvalue weighted by atomic mass is 10.2. The Labute approximate surface area is 122 Å². The monoisotopic (exact) mass is 340 g/mol. The van der Waals surface area contributed by atoms with Crippen molar-refractivity contribution in [2.24, 2.45) is 0 Å². The summed E-state index contributed by atoms with van der Waals surface area (Å²) in [5.74, 6) is -1.77. The highest BCUT2D eigenvalue weighted by Gasteiger charge is 2.14. The summed E-state index contributed by atoms with van der Waals surface area (Å²) in [5, 5.41) is 2.39. The van der Waals surface area contributed by atoms with Crippen LogP contribution in [0.5, 0.6) is 0 Å². The van der Waals surface area contributed by atoms with E-state index in [1.54, 1.807) is 12.3 Å². The first-order valence-electron chi connectivity index (χ1n) is 5.54. The zero-order valence-electron chi connectivity index (χ0n) is 10.4. The number of rotatable bonds is 3. The van der Waals surface area contributed by atoms with Crippen molar-refractivity contribution in [3.63, 3.8) is 0 Å². The lowest BCUT2D eigenvalue weighted by Gasteiger charge is -2.07. The van der Waals surface area contributed by atoms with E-state index in [0.717, 1.165) is 6.07 Å². The van der Waals surface area contributed by atoms with Crippen LogP contribution < -0.4 is 5.32 Å². The predicted octanol–water partition coefficient (Wildman–Crippen LogP) is 2.96. The molecule has 0 fully saturated rings. The molecule has 7 heteroatoms. The summed E-state index contributed by atoms with van der Waals surface area (Å²) >= 11 is 3.19. The average molecular weight is 341 g/mol. The van der Waals surface area contributed by atoms with Crippen molar-refractivity contribution in [2.75, 3.05) is 12.4 Å². The molecule has 0 saturated heterocycles. The van der Waals surface area contributed by atoms with E-state index in [2.05, 4.69) is 31.0 Å². The summed E-state index contributed by atoms with van der Waals surface area (Å²) in [7, 11) is 1.22. The summed E-state index contributed by atoms with van der Waals surface area (Å²) in [5.41, 5.74) is 0.320. The molecular weight excluding hydrogens is 331 g/mol. The molecule has 1 aromatic heterocycles. The summed E-state index contributed by atoms with van der Waals surface area (Å²) in [6.45, 7) is 0. The molecule has 0 saturated carbocycles. The summed E-state index contributed by atoms with van der Waals surface area (Å²) in [6, 6.07) is 5.14. The number of ether oxygens (including phenoxy) is 1. The number of hydrogen-bond acceptors (Lipinski definition) is 3. The van der Waals surface area contributed by atoms with Gasteiger partial charge in [0, 0.05) is 10.7 Å². The molecular formula is C13H10BrFN2O3. The fourth-order valence-corrected chi connectivity index (χ4v) is 1.90. The zero-order chi connectivity index (χ0) is 14.7. The van der Waals surface area contributed by atoms with Crippen LogP contribution in [0.25, 0.3) is 0 Å². The molecule has 0 bridgehead atoms. The molecule has 0 atom stereocenters. The molecule has 0 aliphatic carbocycles. The SMILES string of the molecule is COC(=O)c1ccc(F)c(NC(=O)c2cc(Br)c[nH]2)c1. The van der Waals surface area contributed by atoms with Gasteiger partial charge in [0.05, 0.1) is 18.4 Å². The van der Waals surface area contributed by atoms with Crippen LogP contribution in [0, 0.1) is 5.82 Å². The summed E-state index contributed by atoms with van der Waals surface area (Å²) in [4.78, 5) is 26.0. The Morgan fingerprint density at radius 3 is 2.70 bits per heavy atom. The van der Waals surface area contributed by atoms with E-state index >= 15 is 0 Å². The van der Waals surface area contributed by atoms with Gasteiger partial charge in [0.1, 0.15) is 11.5 Å². The number of halogens is 2. The highest BCUT2D eigenvalue weighted by atomic mass is 79.9. The van der Waals surface area contributed by atoms with Gasteiger partial charge in [0.15, 0.2) is 0 Å². The van der Waals surface area contributed by atoms with Crippen LogP contribution >= 0.6 is 15.9 Å². The number of aromatic amines is 1. The third-order valence-electron chi connectivity index (χ3n) is 2.53. The molecule has 20 heavy (non-hydrogen) atoms. The van der Waals surface area contributed by atoms with E-state index in [4.69, 9.17) is 0 Å². The average Bonchev–Trinajstić information content (AvgIpc) is 2.87. The number of esters is 1. The van der Waals surface area contributed by atoms with Crippen LogP contribution in [0.4, 0.5) is 10.1 Å². The van der Waals surface area contributed by atoms with E-state index in [1.807, 2.05) is 0 Å². The molecule has 0 aliphatic heterocycles. The molecule has 2 N–H and O–H groups in total. The van der Waals surface area contributed by atoms with Crippen LogP contribution in [0.1, 0.15) is 20.8 Å². The third kappa shape index (κ3) is 3.05. The smallest absolute Gasteiger partial charge is 0.337 e. The maximum absolute atomic E-state index is 13.6. The van der Waals surface area contributed by atoms with Crippen molar-refractivity contribution in [1.29, 1.82) is 0 Å². The minimum Gasteiger partial charge on any atom is -0.465 e. The Kier molecular flexibility index (Phi) is 4.19. The van der Waals surface area contributed by atoms with E-state index < -0.39 is 17.7 Å². The topological polar surface area (TPSA) is 71.2 Å². The molecule has 2 aromatic rings. The highest BCUT2D eigenvalue weighted by molar-refractivity contribution is 9.10. The lowest BCUT2D eigenvalue weighted by Crippen LogP contribution is -2.14. The van der Waals surface area contributed by atoms with Crippen LogP contribution in [0.15, 0.2) is 34.9 Å². The number of nitrogens with one attached hydrogen (secondary N) is 2. The van der Waals surface area contributed by atoms with Crippen molar-refractivity contribution >= 4 is 33.5 Å². The van der Waals surface area contributed by atoms with Gasteiger partial charge in [-0.3, -0.25) is 4.79 Å². The summed E-state index contributed by atoms with van der Waals surface area (Å²) < 4.78 is 18.9. The Bertz CT molecular complexity index is 669. The minimum atomic E-state index is -0.642. The number of benzene rings is 1. The number of carbonyl (C=O) groups excluding carboxylic acids is 2. The molecule has 0 spiro atoms. The molecule has 2 rings (SSSR count). The van der Waals surface area contributed by atoms with Crippen LogP contribution in [0.2, 0.25) is 0 Å². The molecule has 0 unspecified atom stereocenters. The third-order valence-corrected chi connectivity index (χ3v) is 2.99. The first-order valence-corrected chi connectivity index (χ1v) is 6.33. The first-order chi connectivity index (χ1) is 9.51. The minimum absolute atomic E-state index is 0.0939. The standard InChI is InChI=1S/C13H10BrFN2O3/c1-20-13(19)7-2-3-9(15)10(4-7)17-12(18)11-5-8(14)6-16-11/h2-6,16H,1H3,(H,17,18). The maximum Gasteiger partial charge on any atom is 0.337 e. The number of carbonyl (C=O) groups is 2. The Hall–Kier alpha value is -2.15. The Morgan fingerprint density at radius 2 is 2.10 bits per heavy atom. The second kappa shape index (κ2) is 5.87. The van der Waals surface area contributed by atoms with Crippen molar-refractivity contribution in [3.05, 3.63) is 52.0 Å². The van der Waals surface area contributed by atoms with Gasteiger partial charge in [-0.2, -0.15) is 0 Å². The number of methoxy groups -OCH3 is 1. The second-order valence-corrected chi connectivity index (χ2v) is 4.79. The quantitative estimate of drug-likeness (QED) is 0.844. The van der Waals surface area contributed by atoms with Crippen molar-refractivity contribution in [3.8, 4) is 0 Å². The van der Waals surface area contributed by atoms with Gasteiger partial charge in [-0.25, -0.2) is 9.18 Å². The lowest BCUT2D eigenvalue weighted by molar-refractivity contribution is 0.0600. The van der Waals surface area contributed by atoms with Crippen molar-refractivity contribution in [2.45, 2.75) is 0 Å². The van der Waals surface area contributed by atoms with Gasteiger partial charge < -0.3 is 15.0 Å². The highest BCUT2D eigenvalue weighted by Crippen LogP contribution is 2.18. The van der Waals surface area contributed by atoms with Gasteiger partial charge in [0.2, 0.25) is 0 Å². The normalized spacial score (nSPS) is 10.2. The van der Waals surface area contributed by atoms with Gasteiger partial charge in [0.25, 0.3) is 5.91 Å².